The second-order valence-electron chi connectivity index (χ2n) is 6.96. The minimum atomic E-state index is -0.486. The number of carbonyl (C=O) groups excluding carboxylic acids is 2. The summed E-state index contributed by atoms with van der Waals surface area (Å²) < 4.78 is 1.67. The number of thiophene rings is 2. The van der Waals surface area contributed by atoms with Gasteiger partial charge in [0.05, 0.1) is 17.9 Å². The Balaban J connectivity index is 1.42. The van der Waals surface area contributed by atoms with Crippen LogP contribution in [0.4, 0.5) is 5.00 Å². The molecule has 0 aromatic carbocycles. The Labute approximate surface area is 179 Å². The summed E-state index contributed by atoms with van der Waals surface area (Å²) in [6, 6.07) is 3.99. The number of rotatable bonds is 7. The van der Waals surface area contributed by atoms with Crippen molar-refractivity contribution in [3.63, 3.8) is 0 Å². The summed E-state index contributed by atoms with van der Waals surface area (Å²) in [7, 11) is 0. The van der Waals surface area contributed by atoms with Gasteiger partial charge in [-0.3, -0.25) is 9.59 Å². The van der Waals surface area contributed by atoms with Gasteiger partial charge in [0.25, 0.3) is 5.91 Å². The second-order valence-corrected chi connectivity index (χ2v) is 10.0. The minimum Gasteiger partial charge on any atom is -0.365 e. The van der Waals surface area contributed by atoms with Gasteiger partial charge in [-0.2, -0.15) is 0 Å². The molecule has 0 saturated heterocycles. The quantitative estimate of drug-likeness (QED) is 0.537. The summed E-state index contributed by atoms with van der Waals surface area (Å²) in [5, 5.41) is 17.7. The Morgan fingerprint density at radius 3 is 3.07 bits per heavy atom. The van der Waals surface area contributed by atoms with E-state index in [1.165, 1.54) is 23.1 Å². The lowest BCUT2D eigenvalue weighted by Crippen LogP contribution is -2.20. The summed E-state index contributed by atoms with van der Waals surface area (Å²) in [6.45, 7) is 2.76. The third-order valence-corrected chi connectivity index (χ3v) is 7.72. The van der Waals surface area contributed by atoms with Crippen LogP contribution in [0.1, 0.15) is 39.0 Å². The van der Waals surface area contributed by atoms with E-state index in [0.29, 0.717) is 28.2 Å². The molecule has 8 nitrogen and oxygen atoms in total. The molecule has 0 aliphatic heterocycles. The van der Waals surface area contributed by atoms with Crippen LogP contribution in [0, 0.1) is 5.92 Å². The number of nitrogens with two attached hydrogens (primary N) is 1. The molecule has 3 heterocycles. The molecule has 152 valence electrons. The van der Waals surface area contributed by atoms with Crippen molar-refractivity contribution in [2.45, 2.75) is 37.9 Å². The fourth-order valence-electron chi connectivity index (χ4n) is 3.34. The molecule has 3 N–H and O–H groups in total. The van der Waals surface area contributed by atoms with Crippen LogP contribution in [0.5, 0.6) is 0 Å². The van der Waals surface area contributed by atoms with Gasteiger partial charge in [0.15, 0.2) is 0 Å². The Kier molecular flexibility index (Phi) is 5.97. The maximum absolute atomic E-state index is 12.5. The van der Waals surface area contributed by atoms with Gasteiger partial charge in [0, 0.05) is 9.75 Å². The Morgan fingerprint density at radius 2 is 2.31 bits per heavy atom. The number of nitrogens with one attached hydrogen (secondary N) is 1. The molecule has 0 fully saturated rings. The zero-order valence-electron chi connectivity index (χ0n) is 15.8. The maximum atomic E-state index is 12.5. The van der Waals surface area contributed by atoms with Crippen LogP contribution in [0.25, 0.3) is 0 Å². The number of aromatic nitrogens is 4. The summed E-state index contributed by atoms with van der Waals surface area (Å²) in [6.07, 6.45) is 2.77. The van der Waals surface area contributed by atoms with Crippen LogP contribution in [0.2, 0.25) is 0 Å². The SMILES string of the molecule is CC1CCc2c(sc(NC(=O)CSc3nnnn3Cc3cccs3)c2C(N)=O)C1. The molecule has 1 aliphatic rings. The van der Waals surface area contributed by atoms with Gasteiger partial charge in [-0.25, -0.2) is 4.68 Å². The lowest BCUT2D eigenvalue weighted by molar-refractivity contribution is -0.113. The molecule has 2 amide bonds. The molecule has 0 radical (unpaired) electrons. The average Bonchev–Trinajstić information content (AvgIpc) is 3.40. The number of carbonyl (C=O) groups is 2. The largest absolute Gasteiger partial charge is 0.365 e. The first kappa shape index (κ1) is 20.0. The lowest BCUT2D eigenvalue weighted by atomic mass is 9.88. The summed E-state index contributed by atoms with van der Waals surface area (Å²) in [5.41, 5.74) is 7.08. The molecule has 3 aromatic rings. The predicted octanol–water partition coefficient (Wildman–Crippen LogP) is 2.80. The first-order valence-corrected chi connectivity index (χ1v) is 11.8. The lowest BCUT2D eigenvalue weighted by Gasteiger charge is -2.18. The van der Waals surface area contributed by atoms with E-state index in [1.54, 1.807) is 16.0 Å². The topological polar surface area (TPSA) is 116 Å². The van der Waals surface area contributed by atoms with Crippen molar-refractivity contribution in [1.82, 2.24) is 20.2 Å². The first-order valence-electron chi connectivity index (χ1n) is 9.16. The van der Waals surface area contributed by atoms with Crippen molar-refractivity contribution in [3.05, 3.63) is 38.4 Å². The standard InChI is InChI=1S/C18H20N6O2S3/c1-10-4-5-12-13(7-10)29-17(15(12)16(19)26)20-14(25)9-28-18-21-22-23-24(18)8-11-3-2-6-27-11/h2-3,6,10H,4-5,7-9H2,1H3,(H2,19,26)(H,20,25). The molecule has 0 saturated carbocycles. The normalized spacial score (nSPS) is 15.8. The monoisotopic (exact) mass is 448 g/mol. The van der Waals surface area contributed by atoms with Crippen molar-refractivity contribution in [3.8, 4) is 0 Å². The van der Waals surface area contributed by atoms with Gasteiger partial charge < -0.3 is 11.1 Å². The number of thioether (sulfide) groups is 1. The molecule has 3 aromatic heterocycles. The zero-order valence-corrected chi connectivity index (χ0v) is 18.2. The number of hydrogen-bond acceptors (Lipinski definition) is 8. The van der Waals surface area contributed by atoms with Crippen LogP contribution in [-0.4, -0.2) is 37.8 Å². The molecular formula is C18H20N6O2S3. The highest BCUT2D eigenvalue weighted by atomic mass is 32.2. The molecule has 1 atom stereocenters. The van der Waals surface area contributed by atoms with Crippen molar-refractivity contribution in [2.24, 2.45) is 11.7 Å². The van der Waals surface area contributed by atoms with Gasteiger partial charge in [-0.15, -0.1) is 27.8 Å². The van der Waals surface area contributed by atoms with Crippen LogP contribution in [0.15, 0.2) is 22.7 Å². The fourth-order valence-corrected chi connectivity index (χ4v) is 6.14. The molecule has 29 heavy (non-hydrogen) atoms. The maximum Gasteiger partial charge on any atom is 0.251 e. The highest BCUT2D eigenvalue weighted by Gasteiger charge is 2.27. The number of nitrogens with zero attached hydrogens (tertiary/aromatic N) is 4. The van der Waals surface area contributed by atoms with Crippen molar-refractivity contribution in [1.29, 1.82) is 0 Å². The predicted molar refractivity (Wildman–Crippen MR) is 115 cm³/mol. The third kappa shape index (κ3) is 4.51. The second kappa shape index (κ2) is 8.64. The molecule has 0 bridgehead atoms. The van der Waals surface area contributed by atoms with E-state index < -0.39 is 5.91 Å². The number of fused-ring (bicyclic) bond motifs is 1. The molecule has 11 heteroatoms. The highest BCUT2D eigenvalue weighted by Crippen LogP contribution is 2.39. The number of primary amides is 1. The zero-order chi connectivity index (χ0) is 20.4. The fraction of sp³-hybridized carbons (Fsp3) is 0.389. The van der Waals surface area contributed by atoms with Gasteiger partial charge >= 0.3 is 0 Å². The molecule has 4 rings (SSSR count). The van der Waals surface area contributed by atoms with Gasteiger partial charge in [0.1, 0.15) is 5.00 Å². The summed E-state index contributed by atoms with van der Waals surface area (Å²) in [4.78, 5) is 26.8. The van der Waals surface area contributed by atoms with E-state index in [4.69, 9.17) is 5.73 Å². The molecule has 1 unspecified atom stereocenters. The average molecular weight is 449 g/mol. The van der Waals surface area contributed by atoms with Crippen LogP contribution < -0.4 is 11.1 Å². The van der Waals surface area contributed by atoms with Crippen molar-refractivity contribution < 1.29 is 9.59 Å². The number of anilines is 1. The van der Waals surface area contributed by atoms with Gasteiger partial charge in [0.2, 0.25) is 11.1 Å². The number of tetrazole rings is 1. The minimum absolute atomic E-state index is 0.141. The Morgan fingerprint density at radius 1 is 1.45 bits per heavy atom. The van der Waals surface area contributed by atoms with E-state index in [-0.39, 0.29) is 11.7 Å². The highest BCUT2D eigenvalue weighted by molar-refractivity contribution is 7.99. The van der Waals surface area contributed by atoms with Crippen LogP contribution in [-0.2, 0) is 24.2 Å². The van der Waals surface area contributed by atoms with Crippen LogP contribution >= 0.6 is 34.4 Å². The summed E-state index contributed by atoms with van der Waals surface area (Å²) in [5.74, 6) is 0.0139. The smallest absolute Gasteiger partial charge is 0.251 e. The van der Waals surface area contributed by atoms with Crippen molar-refractivity contribution >= 4 is 51.3 Å². The van der Waals surface area contributed by atoms with Crippen molar-refractivity contribution in [2.75, 3.05) is 11.1 Å². The molecule has 0 spiro atoms. The molecule has 1 aliphatic carbocycles. The van der Waals surface area contributed by atoms with E-state index >= 15 is 0 Å². The molecular weight excluding hydrogens is 428 g/mol. The van der Waals surface area contributed by atoms with Gasteiger partial charge in [-0.1, -0.05) is 24.8 Å². The van der Waals surface area contributed by atoms with Gasteiger partial charge in [-0.05, 0) is 52.6 Å². The Hall–Kier alpha value is -2.24. The summed E-state index contributed by atoms with van der Waals surface area (Å²) >= 11 is 4.35. The first-order chi connectivity index (χ1) is 14.0. The third-order valence-electron chi connectivity index (χ3n) is 4.73. The number of amides is 2. The van der Waals surface area contributed by atoms with Crippen LogP contribution in [0.3, 0.4) is 0 Å². The van der Waals surface area contributed by atoms with E-state index in [2.05, 4.69) is 27.8 Å². The van der Waals surface area contributed by atoms with E-state index in [9.17, 15) is 9.59 Å². The van der Waals surface area contributed by atoms with E-state index in [1.807, 2.05) is 17.5 Å². The number of hydrogen-bond donors (Lipinski definition) is 2. The Bertz CT molecular complexity index is 1030. The van der Waals surface area contributed by atoms with E-state index in [0.717, 1.165) is 34.6 Å².